The summed E-state index contributed by atoms with van der Waals surface area (Å²) in [6.45, 7) is 2.76. The van der Waals surface area contributed by atoms with Gasteiger partial charge >= 0.3 is 0 Å². The van der Waals surface area contributed by atoms with Crippen LogP contribution in [0.1, 0.15) is 44.3 Å². The lowest BCUT2D eigenvalue weighted by Crippen LogP contribution is -2.34. The van der Waals surface area contributed by atoms with Gasteiger partial charge in [0.2, 0.25) is 0 Å². The van der Waals surface area contributed by atoms with Crippen molar-refractivity contribution in [2.75, 3.05) is 6.54 Å². The van der Waals surface area contributed by atoms with Gasteiger partial charge in [-0.05, 0) is 42.9 Å². The highest BCUT2D eigenvalue weighted by atomic mass is 35.5. The SMILES string of the molecule is CCC1CCC(CN)(C(O)c2ccc(Cl)cc2)C1. The Kier molecular flexibility index (Phi) is 4.31. The van der Waals surface area contributed by atoms with Crippen LogP contribution in [0.2, 0.25) is 5.02 Å². The van der Waals surface area contributed by atoms with Gasteiger partial charge in [0.05, 0.1) is 6.10 Å². The van der Waals surface area contributed by atoms with E-state index >= 15 is 0 Å². The van der Waals surface area contributed by atoms with E-state index in [2.05, 4.69) is 6.92 Å². The second kappa shape index (κ2) is 5.60. The Morgan fingerprint density at radius 2 is 2.11 bits per heavy atom. The van der Waals surface area contributed by atoms with E-state index in [9.17, 15) is 5.11 Å². The van der Waals surface area contributed by atoms with E-state index in [0.717, 1.165) is 18.4 Å². The van der Waals surface area contributed by atoms with Gasteiger partial charge in [0.1, 0.15) is 0 Å². The lowest BCUT2D eigenvalue weighted by Gasteiger charge is -2.33. The first-order valence-corrected chi connectivity index (χ1v) is 7.12. The summed E-state index contributed by atoms with van der Waals surface area (Å²) in [6.07, 6.45) is 3.93. The topological polar surface area (TPSA) is 46.2 Å². The monoisotopic (exact) mass is 267 g/mol. The van der Waals surface area contributed by atoms with Crippen molar-refractivity contribution >= 4 is 11.6 Å². The molecule has 0 aromatic heterocycles. The fraction of sp³-hybridized carbons (Fsp3) is 0.600. The molecule has 0 radical (unpaired) electrons. The summed E-state index contributed by atoms with van der Waals surface area (Å²) in [5.74, 6) is 0.704. The number of hydrogen-bond donors (Lipinski definition) is 2. The Bertz CT molecular complexity index is 392. The van der Waals surface area contributed by atoms with Crippen molar-refractivity contribution < 1.29 is 5.11 Å². The van der Waals surface area contributed by atoms with Crippen LogP contribution in [0.3, 0.4) is 0 Å². The lowest BCUT2D eigenvalue weighted by atomic mass is 9.76. The van der Waals surface area contributed by atoms with Crippen molar-refractivity contribution in [3.05, 3.63) is 34.9 Å². The normalized spacial score (nSPS) is 29.4. The van der Waals surface area contributed by atoms with Crippen molar-refractivity contribution in [3.8, 4) is 0 Å². The first-order valence-electron chi connectivity index (χ1n) is 6.75. The summed E-state index contributed by atoms with van der Waals surface area (Å²) < 4.78 is 0. The molecular weight excluding hydrogens is 246 g/mol. The van der Waals surface area contributed by atoms with E-state index in [0.29, 0.717) is 17.5 Å². The second-order valence-electron chi connectivity index (χ2n) is 5.54. The Morgan fingerprint density at radius 3 is 2.61 bits per heavy atom. The van der Waals surface area contributed by atoms with Crippen LogP contribution in [0.5, 0.6) is 0 Å². The van der Waals surface area contributed by atoms with Gasteiger partial charge in [0, 0.05) is 17.0 Å². The molecule has 0 aliphatic heterocycles. The van der Waals surface area contributed by atoms with Crippen molar-refractivity contribution in [2.24, 2.45) is 17.1 Å². The number of hydrogen-bond acceptors (Lipinski definition) is 2. The van der Waals surface area contributed by atoms with Crippen LogP contribution in [0, 0.1) is 11.3 Å². The number of rotatable bonds is 4. The van der Waals surface area contributed by atoms with Crippen LogP contribution in [-0.4, -0.2) is 11.7 Å². The number of halogens is 1. The maximum atomic E-state index is 10.7. The molecule has 2 nitrogen and oxygen atoms in total. The summed E-state index contributed by atoms with van der Waals surface area (Å²) in [4.78, 5) is 0. The third kappa shape index (κ3) is 2.56. The molecule has 3 unspecified atom stereocenters. The second-order valence-corrected chi connectivity index (χ2v) is 5.97. The first kappa shape index (κ1) is 13.9. The minimum atomic E-state index is -0.476. The minimum Gasteiger partial charge on any atom is -0.388 e. The summed E-state index contributed by atoms with van der Waals surface area (Å²) in [5, 5.41) is 11.4. The van der Waals surface area contributed by atoms with Crippen LogP contribution in [0.4, 0.5) is 0 Å². The van der Waals surface area contributed by atoms with Crippen molar-refractivity contribution in [1.82, 2.24) is 0 Å². The fourth-order valence-corrected chi connectivity index (χ4v) is 3.29. The van der Waals surface area contributed by atoms with Crippen LogP contribution in [-0.2, 0) is 0 Å². The molecule has 1 fully saturated rings. The summed E-state index contributed by atoms with van der Waals surface area (Å²) in [7, 11) is 0. The molecule has 3 heteroatoms. The van der Waals surface area contributed by atoms with Gasteiger partial charge in [0.15, 0.2) is 0 Å². The number of benzene rings is 1. The molecule has 100 valence electrons. The third-order valence-electron chi connectivity index (χ3n) is 4.50. The van der Waals surface area contributed by atoms with Crippen LogP contribution in [0.15, 0.2) is 24.3 Å². The zero-order valence-electron chi connectivity index (χ0n) is 10.9. The van der Waals surface area contributed by atoms with E-state index < -0.39 is 6.10 Å². The molecule has 1 aromatic carbocycles. The molecular formula is C15H22ClNO. The van der Waals surface area contributed by atoms with Gasteiger partial charge in [-0.3, -0.25) is 0 Å². The quantitative estimate of drug-likeness (QED) is 0.877. The predicted octanol–water partition coefficient (Wildman–Crippen LogP) is 3.53. The number of aliphatic hydroxyl groups is 1. The van der Waals surface area contributed by atoms with Gasteiger partial charge in [-0.1, -0.05) is 37.1 Å². The lowest BCUT2D eigenvalue weighted by molar-refractivity contribution is 0.0301. The zero-order chi connectivity index (χ0) is 13.2. The molecule has 1 aromatic rings. The molecule has 0 amide bonds. The van der Waals surface area contributed by atoms with Crippen LogP contribution >= 0.6 is 11.6 Å². The van der Waals surface area contributed by atoms with E-state index in [-0.39, 0.29) is 5.41 Å². The number of nitrogens with two attached hydrogens (primary N) is 1. The average Bonchev–Trinajstić information content (AvgIpc) is 2.84. The standard InChI is InChI=1S/C15H22ClNO/c1-2-11-7-8-15(9-11,10-17)14(18)12-3-5-13(16)6-4-12/h3-6,11,14,18H,2,7-10,17H2,1H3. The smallest absolute Gasteiger partial charge is 0.0858 e. The van der Waals surface area contributed by atoms with E-state index in [4.69, 9.17) is 17.3 Å². The predicted molar refractivity (Wildman–Crippen MR) is 75.5 cm³/mol. The van der Waals surface area contributed by atoms with Crippen LogP contribution in [0.25, 0.3) is 0 Å². The Balaban J connectivity index is 2.20. The highest BCUT2D eigenvalue weighted by Gasteiger charge is 2.43. The Labute approximate surface area is 114 Å². The molecule has 1 aliphatic carbocycles. The van der Waals surface area contributed by atoms with E-state index in [1.165, 1.54) is 12.8 Å². The average molecular weight is 268 g/mol. The Hall–Kier alpha value is -0.570. The molecule has 1 saturated carbocycles. The highest BCUT2D eigenvalue weighted by molar-refractivity contribution is 6.30. The molecule has 3 atom stereocenters. The number of aliphatic hydroxyl groups excluding tert-OH is 1. The summed E-state index contributed by atoms with van der Waals surface area (Å²) in [5.41, 5.74) is 6.76. The summed E-state index contributed by atoms with van der Waals surface area (Å²) >= 11 is 5.88. The van der Waals surface area contributed by atoms with Gasteiger partial charge < -0.3 is 10.8 Å². The first-order chi connectivity index (χ1) is 8.61. The molecule has 2 rings (SSSR count). The minimum absolute atomic E-state index is 0.144. The van der Waals surface area contributed by atoms with Crippen molar-refractivity contribution in [2.45, 2.75) is 38.7 Å². The third-order valence-corrected chi connectivity index (χ3v) is 4.75. The molecule has 3 N–H and O–H groups in total. The molecule has 18 heavy (non-hydrogen) atoms. The molecule has 0 heterocycles. The Morgan fingerprint density at radius 1 is 1.44 bits per heavy atom. The van der Waals surface area contributed by atoms with E-state index in [1.807, 2.05) is 24.3 Å². The van der Waals surface area contributed by atoms with Gasteiger partial charge in [-0.2, -0.15) is 0 Å². The maximum Gasteiger partial charge on any atom is 0.0858 e. The molecule has 0 spiro atoms. The van der Waals surface area contributed by atoms with E-state index in [1.54, 1.807) is 0 Å². The molecule has 0 bridgehead atoms. The fourth-order valence-electron chi connectivity index (χ4n) is 3.16. The van der Waals surface area contributed by atoms with Gasteiger partial charge in [-0.25, -0.2) is 0 Å². The largest absolute Gasteiger partial charge is 0.388 e. The van der Waals surface area contributed by atoms with Crippen LogP contribution < -0.4 is 5.73 Å². The van der Waals surface area contributed by atoms with Gasteiger partial charge in [-0.15, -0.1) is 0 Å². The van der Waals surface area contributed by atoms with Crippen molar-refractivity contribution in [1.29, 1.82) is 0 Å². The molecule has 0 saturated heterocycles. The zero-order valence-corrected chi connectivity index (χ0v) is 11.7. The highest BCUT2D eigenvalue weighted by Crippen LogP contribution is 2.50. The van der Waals surface area contributed by atoms with Gasteiger partial charge in [0.25, 0.3) is 0 Å². The van der Waals surface area contributed by atoms with Crippen molar-refractivity contribution in [3.63, 3.8) is 0 Å². The molecule has 1 aliphatic rings. The maximum absolute atomic E-state index is 10.7. The summed E-state index contributed by atoms with van der Waals surface area (Å²) in [6, 6.07) is 7.47.